The minimum atomic E-state index is -1.69. The molecule has 122 valence electrons. The monoisotopic (exact) mass is 371 g/mol. The van der Waals surface area contributed by atoms with E-state index in [1.54, 1.807) is 24.5 Å². The molecule has 0 radical (unpaired) electrons. The summed E-state index contributed by atoms with van der Waals surface area (Å²) in [5.74, 6) is -0.307. The highest BCUT2D eigenvalue weighted by molar-refractivity contribution is 6.68. The summed E-state index contributed by atoms with van der Waals surface area (Å²) < 4.78 is -1.69. The summed E-state index contributed by atoms with van der Waals surface area (Å²) in [6, 6.07) is 10.9. The number of rotatable bonds is 5. The van der Waals surface area contributed by atoms with Crippen molar-refractivity contribution in [2.75, 3.05) is 0 Å². The van der Waals surface area contributed by atoms with E-state index in [9.17, 15) is 4.79 Å². The summed E-state index contributed by atoms with van der Waals surface area (Å²) >= 11 is 17.9. The molecule has 2 N–H and O–H groups in total. The first kappa shape index (κ1) is 18.0. The number of nitrogens with one attached hydrogen (secondary N) is 2. The largest absolute Gasteiger partial charge is 0.333 e. The van der Waals surface area contributed by atoms with E-state index in [0.717, 1.165) is 11.1 Å². The van der Waals surface area contributed by atoms with Gasteiger partial charge in [-0.2, -0.15) is 0 Å². The van der Waals surface area contributed by atoms with Crippen LogP contribution in [0.5, 0.6) is 0 Å². The number of alkyl halides is 3. The van der Waals surface area contributed by atoms with E-state index in [-0.39, 0.29) is 5.91 Å². The maximum absolute atomic E-state index is 12.4. The van der Waals surface area contributed by atoms with Gasteiger partial charge >= 0.3 is 0 Å². The van der Waals surface area contributed by atoms with E-state index in [1.807, 2.05) is 31.2 Å². The van der Waals surface area contributed by atoms with Crippen LogP contribution in [0.15, 0.2) is 48.8 Å². The van der Waals surface area contributed by atoms with E-state index in [0.29, 0.717) is 12.1 Å². The number of carbonyl (C=O) groups is 1. The highest BCUT2D eigenvalue weighted by Crippen LogP contribution is 2.29. The van der Waals surface area contributed by atoms with Crippen molar-refractivity contribution in [1.29, 1.82) is 0 Å². The molecule has 0 spiro atoms. The van der Waals surface area contributed by atoms with Gasteiger partial charge < -0.3 is 5.32 Å². The Bertz CT molecular complexity index is 659. The van der Waals surface area contributed by atoms with Gasteiger partial charge in [0, 0.05) is 24.5 Å². The Balaban J connectivity index is 2.07. The zero-order valence-electron chi connectivity index (χ0n) is 12.4. The lowest BCUT2D eigenvalue weighted by Crippen LogP contribution is -2.53. The predicted molar refractivity (Wildman–Crippen MR) is 93.8 cm³/mol. The molecule has 7 heteroatoms. The van der Waals surface area contributed by atoms with Gasteiger partial charge in [-0.3, -0.25) is 15.1 Å². The zero-order chi connectivity index (χ0) is 16.9. The predicted octanol–water partition coefficient (Wildman–Crippen LogP) is 3.61. The van der Waals surface area contributed by atoms with Crippen molar-refractivity contribution >= 4 is 40.7 Å². The second-order valence-electron chi connectivity index (χ2n) is 5.01. The SMILES string of the molecule is Cc1ccccc1C(=O)NC(NCc1cccnc1)C(Cl)(Cl)Cl. The van der Waals surface area contributed by atoms with Crippen molar-refractivity contribution in [1.82, 2.24) is 15.6 Å². The van der Waals surface area contributed by atoms with Gasteiger partial charge in [-0.05, 0) is 30.2 Å². The summed E-state index contributed by atoms with van der Waals surface area (Å²) in [5.41, 5.74) is 2.30. The standard InChI is InChI=1S/C16H16Cl3N3O/c1-11-5-2-3-7-13(11)14(23)22-15(16(17,18)19)21-10-12-6-4-8-20-9-12/h2-9,15,21H,10H2,1H3,(H,22,23). The molecule has 2 aromatic rings. The van der Waals surface area contributed by atoms with Crippen molar-refractivity contribution in [3.05, 3.63) is 65.5 Å². The second-order valence-corrected chi connectivity index (χ2v) is 7.37. The maximum Gasteiger partial charge on any atom is 0.252 e. The summed E-state index contributed by atoms with van der Waals surface area (Å²) in [6.45, 7) is 2.25. The Morgan fingerprint density at radius 1 is 1.22 bits per heavy atom. The van der Waals surface area contributed by atoms with Gasteiger partial charge in [-0.1, -0.05) is 59.1 Å². The molecular weight excluding hydrogens is 357 g/mol. The Morgan fingerprint density at radius 2 is 1.96 bits per heavy atom. The van der Waals surface area contributed by atoms with E-state index in [1.165, 1.54) is 0 Å². The highest BCUT2D eigenvalue weighted by Gasteiger charge is 2.34. The molecule has 0 bridgehead atoms. The minimum absolute atomic E-state index is 0.307. The fraction of sp³-hybridized carbons (Fsp3) is 0.250. The minimum Gasteiger partial charge on any atom is -0.333 e. The fourth-order valence-electron chi connectivity index (χ4n) is 2.01. The van der Waals surface area contributed by atoms with Crippen LogP contribution in [-0.4, -0.2) is 20.8 Å². The van der Waals surface area contributed by atoms with Gasteiger partial charge in [0.2, 0.25) is 3.79 Å². The smallest absolute Gasteiger partial charge is 0.252 e. The van der Waals surface area contributed by atoms with Crippen molar-refractivity contribution in [2.45, 2.75) is 23.4 Å². The number of amides is 1. The molecule has 1 aromatic carbocycles. The number of nitrogens with zero attached hydrogens (tertiary/aromatic N) is 1. The Morgan fingerprint density at radius 3 is 2.57 bits per heavy atom. The average molecular weight is 373 g/mol. The average Bonchev–Trinajstić information content (AvgIpc) is 2.51. The molecule has 23 heavy (non-hydrogen) atoms. The van der Waals surface area contributed by atoms with Gasteiger partial charge in [0.1, 0.15) is 6.17 Å². The van der Waals surface area contributed by atoms with E-state index < -0.39 is 9.96 Å². The van der Waals surface area contributed by atoms with Crippen LogP contribution in [-0.2, 0) is 6.54 Å². The van der Waals surface area contributed by atoms with E-state index >= 15 is 0 Å². The number of halogens is 3. The van der Waals surface area contributed by atoms with Crippen molar-refractivity contribution in [3.63, 3.8) is 0 Å². The van der Waals surface area contributed by atoms with Crippen LogP contribution in [0.1, 0.15) is 21.5 Å². The van der Waals surface area contributed by atoms with Gasteiger partial charge in [0.25, 0.3) is 5.91 Å². The highest BCUT2D eigenvalue weighted by atomic mass is 35.6. The summed E-state index contributed by atoms with van der Waals surface area (Å²) in [7, 11) is 0. The molecule has 0 saturated carbocycles. The topological polar surface area (TPSA) is 54.0 Å². The number of aromatic nitrogens is 1. The molecule has 1 amide bonds. The lowest BCUT2D eigenvalue weighted by atomic mass is 10.1. The molecule has 2 rings (SSSR count). The number of benzene rings is 1. The molecule has 0 aliphatic rings. The third-order valence-corrected chi connectivity index (χ3v) is 3.88. The summed E-state index contributed by atoms with van der Waals surface area (Å²) in [5, 5.41) is 5.75. The molecule has 1 unspecified atom stereocenters. The second kappa shape index (κ2) is 7.97. The number of pyridine rings is 1. The molecule has 1 aromatic heterocycles. The first-order valence-corrected chi connectivity index (χ1v) is 8.07. The lowest BCUT2D eigenvalue weighted by molar-refractivity contribution is 0.0928. The number of carbonyl (C=O) groups excluding carboxylic acids is 1. The number of hydrogen-bond donors (Lipinski definition) is 2. The third-order valence-electron chi connectivity index (χ3n) is 3.23. The van der Waals surface area contributed by atoms with Gasteiger partial charge in [-0.25, -0.2) is 0 Å². The molecule has 1 heterocycles. The Kier molecular flexibility index (Phi) is 6.25. The third kappa shape index (κ3) is 5.36. The van der Waals surface area contributed by atoms with E-state index in [4.69, 9.17) is 34.8 Å². The first-order valence-electron chi connectivity index (χ1n) is 6.93. The Labute approximate surface area is 150 Å². The van der Waals surface area contributed by atoms with Gasteiger partial charge in [-0.15, -0.1) is 0 Å². The normalized spacial score (nSPS) is 12.7. The van der Waals surface area contributed by atoms with Crippen LogP contribution >= 0.6 is 34.8 Å². The summed E-state index contributed by atoms with van der Waals surface area (Å²) in [4.78, 5) is 16.4. The molecule has 0 aliphatic heterocycles. The summed E-state index contributed by atoms with van der Waals surface area (Å²) in [6.07, 6.45) is 2.53. The molecular formula is C16H16Cl3N3O. The molecule has 4 nitrogen and oxygen atoms in total. The van der Waals surface area contributed by atoms with Crippen LogP contribution in [0.2, 0.25) is 0 Å². The van der Waals surface area contributed by atoms with Crippen molar-refractivity contribution in [3.8, 4) is 0 Å². The van der Waals surface area contributed by atoms with Crippen molar-refractivity contribution in [2.24, 2.45) is 0 Å². The van der Waals surface area contributed by atoms with Crippen molar-refractivity contribution < 1.29 is 4.79 Å². The number of aryl methyl sites for hydroxylation is 1. The van der Waals surface area contributed by atoms with Crippen LogP contribution in [0.25, 0.3) is 0 Å². The Hall–Kier alpha value is -1.33. The zero-order valence-corrected chi connectivity index (χ0v) is 14.7. The first-order chi connectivity index (χ1) is 10.9. The van der Waals surface area contributed by atoms with Gasteiger partial charge in [0.15, 0.2) is 0 Å². The molecule has 0 fully saturated rings. The van der Waals surface area contributed by atoms with Gasteiger partial charge in [0.05, 0.1) is 0 Å². The quantitative estimate of drug-likeness (QED) is 0.623. The molecule has 0 aliphatic carbocycles. The van der Waals surface area contributed by atoms with Crippen LogP contribution in [0.4, 0.5) is 0 Å². The van der Waals surface area contributed by atoms with Crippen LogP contribution in [0.3, 0.4) is 0 Å². The molecule has 1 atom stereocenters. The van der Waals surface area contributed by atoms with E-state index in [2.05, 4.69) is 15.6 Å². The number of hydrogen-bond acceptors (Lipinski definition) is 3. The fourth-order valence-corrected chi connectivity index (χ4v) is 2.40. The maximum atomic E-state index is 12.4. The lowest BCUT2D eigenvalue weighted by Gasteiger charge is -2.27. The van der Waals surface area contributed by atoms with Crippen LogP contribution < -0.4 is 10.6 Å². The molecule has 0 saturated heterocycles. The van der Waals surface area contributed by atoms with Crippen LogP contribution in [0, 0.1) is 6.92 Å².